The number of rotatable bonds is 5. The van der Waals surface area contributed by atoms with E-state index in [0.717, 1.165) is 12.0 Å². The highest BCUT2D eigenvalue weighted by Crippen LogP contribution is 2.10. The van der Waals surface area contributed by atoms with Gasteiger partial charge in [-0.1, -0.05) is 23.7 Å². The van der Waals surface area contributed by atoms with Crippen molar-refractivity contribution >= 4 is 17.5 Å². The predicted molar refractivity (Wildman–Crippen MR) is 84.3 cm³/mol. The van der Waals surface area contributed by atoms with E-state index in [1.807, 2.05) is 30.3 Å². The van der Waals surface area contributed by atoms with Crippen LogP contribution in [0.5, 0.6) is 0 Å². The zero-order valence-electron chi connectivity index (χ0n) is 12.2. The van der Waals surface area contributed by atoms with Gasteiger partial charge in [-0.2, -0.15) is 5.26 Å². The number of amides is 1. The highest BCUT2D eigenvalue weighted by molar-refractivity contribution is 6.30. The van der Waals surface area contributed by atoms with Gasteiger partial charge in [-0.15, -0.1) is 0 Å². The highest BCUT2D eigenvalue weighted by Gasteiger charge is 2.20. The largest absolute Gasteiger partial charge is 0.389 e. The van der Waals surface area contributed by atoms with E-state index in [1.54, 1.807) is 4.90 Å². The van der Waals surface area contributed by atoms with Crippen LogP contribution in [0.4, 0.5) is 0 Å². The number of benzene rings is 1. The smallest absolute Gasteiger partial charge is 0.266 e. The van der Waals surface area contributed by atoms with Crippen molar-refractivity contribution in [1.82, 2.24) is 10.2 Å². The van der Waals surface area contributed by atoms with Gasteiger partial charge in [0.25, 0.3) is 5.91 Å². The third kappa shape index (κ3) is 4.76. The van der Waals surface area contributed by atoms with Gasteiger partial charge in [0.2, 0.25) is 0 Å². The Labute approximate surface area is 135 Å². The number of nitrogens with zero attached hydrogens (tertiary/aromatic N) is 2. The number of hydrogen-bond donors (Lipinski definition) is 1. The summed E-state index contributed by atoms with van der Waals surface area (Å²) in [7, 11) is 0. The molecular formula is C16H18ClN3O2. The molecule has 1 aromatic carbocycles. The molecule has 0 bridgehead atoms. The predicted octanol–water partition coefficient (Wildman–Crippen LogP) is 1.74. The fraction of sp³-hybridized carbons (Fsp3) is 0.375. The second-order valence-electron chi connectivity index (χ2n) is 4.91. The van der Waals surface area contributed by atoms with Crippen molar-refractivity contribution in [3.8, 4) is 6.07 Å². The van der Waals surface area contributed by atoms with E-state index in [-0.39, 0.29) is 11.5 Å². The van der Waals surface area contributed by atoms with Gasteiger partial charge in [0.15, 0.2) is 0 Å². The third-order valence-electron chi connectivity index (χ3n) is 3.34. The summed E-state index contributed by atoms with van der Waals surface area (Å²) < 4.78 is 5.20. The summed E-state index contributed by atoms with van der Waals surface area (Å²) in [5, 5.41) is 12.8. The molecule has 5 nitrogen and oxygen atoms in total. The number of nitriles is 1. The van der Waals surface area contributed by atoms with E-state index in [2.05, 4.69) is 5.32 Å². The molecule has 1 aromatic rings. The van der Waals surface area contributed by atoms with Gasteiger partial charge in [0.1, 0.15) is 11.6 Å². The lowest BCUT2D eigenvalue weighted by atomic mass is 10.1. The van der Waals surface area contributed by atoms with Crippen LogP contribution in [0.15, 0.2) is 36.0 Å². The van der Waals surface area contributed by atoms with Gasteiger partial charge >= 0.3 is 0 Å². The van der Waals surface area contributed by atoms with Gasteiger partial charge in [0.05, 0.1) is 13.2 Å². The number of carbonyl (C=O) groups excluding carboxylic acids is 1. The number of halogens is 1. The van der Waals surface area contributed by atoms with Crippen molar-refractivity contribution in [2.45, 2.75) is 6.42 Å². The highest BCUT2D eigenvalue weighted by atomic mass is 35.5. The normalized spacial score (nSPS) is 15.3. The van der Waals surface area contributed by atoms with Gasteiger partial charge in [-0.25, -0.2) is 0 Å². The van der Waals surface area contributed by atoms with Gasteiger partial charge in [-0.05, 0) is 24.1 Å². The molecule has 1 aliphatic rings. The van der Waals surface area contributed by atoms with E-state index >= 15 is 0 Å². The SMILES string of the molecule is N#C/C(=C/NCCc1cccc(Cl)c1)C(=O)N1CCOCC1. The lowest BCUT2D eigenvalue weighted by Crippen LogP contribution is -2.41. The first-order chi connectivity index (χ1) is 10.7. The van der Waals surface area contributed by atoms with Crippen LogP contribution in [0.2, 0.25) is 5.02 Å². The number of hydrogen-bond acceptors (Lipinski definition) is 4. The number of nitrogens with one attached hydrogen (secondary N) is 1. The zero-order chi connectivity index (χ0) is 15.8. The van der Waals surface area contributed by atoms with Crippen LogP contribution >= 0.6 is 11.6 Å². The fourth-order valence-corrected chi connectivity index (χ4v) is 2.37. The first-order valence-corrected chi connectivity index (χ1v) is 7.53. The lowest BCUT2D eigenvalue weighted by molar-refractivity contribution is -0.130. The number of ether oxygens (including phenoxy) is 1. The third-order valence-corrected chi connectivity index (χ3v) is 3.58. The second kappa shape index (κ2) is 8.42. The molecule has 0 saturated carbocycles. The molecule has 0 unspecified atom stereocenters. The maximum atomic E-state index is 12.2. The van der Waals surface area contributed by atoms with Gasteiger partial charge < -0.3 is 15.0 Å². The molecule has 1 N–H and O–H groups in total. The van der Waals surface area contributed by atoms with E-state index in [4.69, 9.17) is 21.6 Å². The molecule has 1 aliphatic heterocycles. The Morgan fingerprint density at radius 3 is 2.91 bits per heavy atom. The van der Waals surface area contributed by atoms with Crippen LogP contribution in [0.25, 0.3) is 0 Å². The molecule has 116 valence electrons. The first kappa shape index (κ1) is 16.3. The standard InChI is InChI=1S/C16H18ClN3O2/c17-15-3-1-2-13(10-15)4-5-19-12-14(11-18)16(21)20-6-8-22-9-7-20/h1-3,10,12,19H,4-9H2/b14-12-. The molecule has 22 heavy (non-hydrogen) atoms. The lowest BCUT2D eigenvalue weighted by Gasteiger charge is -2.26. The zero-order valence-corrected chi connectivity index (χ0v) is 13.0. The van der Waals surface area contributed by atoms with Crippen molar-refractivity contribution in [2.75, 3.05) is 32.8 Å². The Morgan fingerprint density at radius 2 is 2.23 bits per heavy atom. The van der Waals surface area contributed by atoms with E-state index in [1.165, 1.54) is 6.20 Å². The minimum absolute atomic E-state index is 0.119. The summed E-state index contributed by atoms with van der Waals surface area (Å²) in [6.45, 7) is 2.72. The van der Waals surface area contributed by atoms with Crippen molar-refractivity contribution in [3.63, 3.8) is 0 Å². The fourth-order valence-electron chi connectivity index (χ4n) is 2.16. The molecule has 0 atom stereocenters. The van der Waals surface area contributed by atoms with E-state index in [0.29, 0.717) is 37.9 Å². The molecule has 2 rings (SSSR count). The molecule has 0 spiro atoms. The summed E-state index contributed by atoms with van der Waals surface area (Å²) in [5.41, 5.74) is 1.22. The van der Waals surface area contributed by atoms with Crippen molar-refractivity contribution in [2.24, 2.45) is 0 Å². The Bertz CT molecular complexity index is 589. The molecule has 0 radical (unpaired) electrons. The monoisotopic (exact) mass is 319 g/mol. The minimum Gasteiger partial charge on any atom is -0.389 e. The molecule has 0 aromatic heterocycles. The molecular weight excluding hydrogens is 302 g/mol. The topological polar surface area (TPSA) is 65.4 Å². The Kier molecular flexibility index (Phi) is 6.26. The molecule has 1 saturated heterocycles. The maximum Gasteiger partial charge on any atom is 0.266 e. The van der Waals surface area contributed by atoms with Crippen LogP contribution in [-0.2, 0) is 16.0 Å². The Hall–Kier alpha value is -2.03. The van der Waals surface area contributed by atoms with E-state index in [9.17, 15) is 4.79 Å². The molecule has 0 aliphatic carbocycles. The van der Waals surface area contributed by atoms with Crippen LogP contribution < -0.4 is 5.32 Å². The van der Waals surface area contributed by atoms with Crippen LogP contribution in [0, 0.1) is 11.3 Å². The van der Waals surface area contributed by atoms with Crippen LogP contribution in [-0.4, -0.2) is 43.7 Å². The first-order valence-electron chi connectivity index (χ1n) is 7.16. The average Bonchev–Trinajstić information content (AvgIpc) is 2.55. The van der Waals surface area contributed by atoms with Crippen molar-refractivity contribution < 1.29 is 9.53 Å². The number of carbonyl (C=O) groups is 1. The van der Waals surface area contributed by atoms with Gasteiger partial charge in [0, 0.05) is 30.9 Å². The van der Waals surface area contributed by atoms with Gasteiger partial charge in [-0.3, -0.25) is 4.79 Å². The quantitative estimate of drug-likeness (QED) is 0.510. The van der Waals surface area contributed by atoms with Crippen molar-refractivity contribution in [1.29, 1.82) is 5.26 Å². The second-order valence-corrected chi connectivity index (χ2v) is 5.34. The molecule has 1 amide bonds. The molecule has 1 heterocycles. The maximum absolute atomic E-state index is 12.2. The van der Waals surface area contributed by atoms with Crippen molar-refractivity contribution in [3.05, 3.63) is 46.6 Å². The Morgan fingerprint density at radius 1 is 1.45 bits per heavy atom. The average molecular weight is 320 g/mol. The summed E-state index contributed by atoms with van der Waals surface area (Å²) in [4.78, 5) is 13.8. The Balaban J connectivity index is 1.84. The molecule has 1 fully saturated rings. The number of morpholine rings is 1. The summed E-state index contributed by atoms with van der Waals surface area (Å²) in [6.07, 6.45) is 2.25. The summed E-state index contributed by atoms with van der Waals surface area (Å²) in [6, 6.07) is 9.57. The van der Waals surface area contributed by atoms with E-state index < -0.39 is 0 Å². The summed E-state index contributed by atoms with van der Waals surface area (Å²) >= 11 is 5.92. The van der Waals surface area contributed by atoms with Crippen LogP contribution in [0.3, 0.4) is 0 Å². The molecule has 6 heteroatoms. The minimum atomic E-state index is -0.249. The van der Waals surface area contributed by atoms with Crippen LogP contribution in [0.1, 0.15) is 5.56 Å². The summed E-state index contributed by atoms with van der Waals surface area (Å²) in [5.74, 6) is -0.249.